The van der Waals surface area contributed by atoms with Crippen LogP contribution in [0.15, 0.2) is 36.9 Å². The van der Waals surface area contributed by atoms with Crippen LogP contribution in [0.3, 0.4) is 0 Å². The largest absolute Gasteiger partial charge is 0.490 e. The van der Waals surface area contributed by atoms with Gasteiger partial charge in [0.2, 0.25) is 11.8 Å². The smallest absolute Gasteiger partial charge is 0.272 e. The SMILES string of the molecule is C[C@H]1CCOc2c(cnn2C)-c2nccc(n2)Nc2cc(c(-c3cn(C4CC4C#N)nc3OCC(F)F)cn2)O1. The number of pyridine rings is 1. The molecule has 1 N–H and O–H groups in total. The fourth-order valence-corrected chi connectivity index (χ4v) is 4.43. The maximum atomic E-state index is 13.0. The Morgan fingerprint density at radius 1 is 1.23 bits per heavy atom. The van der Waals surface area contributed by atoms with Gasteiger partial charge < -0.3 is 19.5 Å². The van der Waals surface area contributed by atoms with Crippen molar-refractivity contribution in [2.45, 2.75) is 38.3 Å². The molecule has 0 radical (unpaired) electrons. The van der Waals surface area contributed by atoms with Crippen molar-refractivity contribution in [3.05, 3.63) is 36.9 Å². The number of ether oxygens (including phenoxy) is 3. The number of nitrogens with zero attached hydrogens (tertiary/aromatic N) is 8. The average Bonchev–Trinajstić information content (AvgIpc) is 3.47. The Bertz CT molecular complexity index is 1580. The van der Waals surface area contributed by atoms with E-state index in [0.717, 1.165) is 0 Å². The number of fused-ring (bicyclic) bond motifs is 6. The fourth-order valence-electron chi connectivity index (χ4n) is 4.43. The highest BCUT2D eigenvalue weighted by atomic mass is 19.3. The van der Waals surface area contributed by atoms with Crippen LogP contribution >= 0.6 is 0 Å². The first-order valence-electron chi connectivity index (χ1n) is 12.7. The highest BCUT2D eigenvalue weighted by Crippen LogP contribution is 2.45. The number of halogens is 2. The zero-order valence-corrected chi connectivity index (χ0v) is 21.7. The Morgan fingerprint density at radius 3 is 2.90 bits per heavy atom. The second-order valence-corrected chi connectivity index (χ2v) is 9.58. The lowest BCUT2D eigenvalue weighted by Gasteiger charge is -2.19. The highest BCUT2D eigenvalue weighted by molar-refractivity contribution is 5.75. The van der Waals surface area contributed by atoms with E-state index < -0.39 is 13.0 Å². The lowest BCUT2D eigenvalue weighted by molar-refractivity contribution is 0.0794. The zero-order valence-electron chi connectivity index (χ0n) is 21.7. The summed E-state index contributed by atoms with van der Waals surface area (Å²) in [6.07, 6.45) is 4.71. The van der Waals surface area contributed by atoms with E-state index in [-0.39, 0.29) is 23.9 Å². The molecule has 1 fully saturated rings. The van der Waals surface area contributed by atoms with Gasteiger partial charge in [-0.05, 0) is 19.4 Å². The van der Waals surface area contributed by atoms with Gasteiger partial charge in [0.05, 0.1) is 42.5 Å². The molecule has 3 atom stereocenters. The molecule has 5 heterocycles. The predicted molar refractivity (Wildman–Crippen MR) is 137 cm³/mol. The van der Waals surface area contributed by atoms with Gasteiger partial charge in [-0.2, -0.15) is 10.4 Å². The van der Waals surface area contributed by atoms with Crippen molar-refractivity contribution in [1.82, 2.24) is 34.5 Å². The number of aromatic nitrogens is 7. The first-order valence-corrected chi connectivity index (χ1v) is 12.7. The van der Waals surface area contributed by atoms with Gasteiger partial charge in [-0.25, -0.2) is 28.4 Å². The highest BCUT2D eigenvalue weighted by Gasteiger charge is 2.40. The van der Waals surface area contributed by atoms with Crippen LogP contribution in [0.1, 0.15) is 25.8 Å². The van der Waals surface area contributed by atoms with E-state index in [1.54, 1.807) is 53.3 Å². The van der Waals surface area contributed by atoms with Gasteiger partial charge in [-0.3, -0.25) is 4.68 Å². The fraction of sp³-hybridized carbons (Fsp3) is 0.385. The summed E-state index contributed by atoms with van der Waals surface area (Å²) in [5.74, 6) is 2.17. The van der Waals surface area contributed by atoms with Crippen LogP contribution in [-0.2, 0) is 7.05 Å². The van der Waals surface area contributed by atoms with Crippen LogP contribution in [0.2, 0.25) is 0 Å². The summed E-state index contributed by atoms with van der Waals surface area (Å²) in [7, 11) is 1.78. The minimum absolute atomic E-state index is 0.0193. The maximum absolute atomic E-state index is 13.0. The molecule has 0 saturated heterocycles. The van der Waals surface area contributed by atoms with Gasteiger partial charge in [0.15, 0.2) is 12.4 Å². The third kappa shape index (κ3) is 5.09. The molecule has 6 rings (SSSR count). The molecule has 4 aromatic rings. The van der Waals surface area contributed by atoms with Crippen LogP contribution in [0.4, 0.5) is 20.4 Å². The van der Waals surface area contributed by atoms with E-state index in [1.165, 1.54) is 0 Å². The van der Waals surface area contributed by atoms with Crippen molar-refractivity contribution in [2.24, 2.45) is 13.0 Å². The quantitative estimate of drug-likeness (QED) is 0.386. The number of alkyl halides is 2. The molecular weight excluding hydrogens is 524 g/mol. The van der Waals surface area contributed by atoms with Gasteiger partial charge in [-0.1, -0.05) is 0 Å². The predicted octanol–water partition coefficient (Wildman–Crippen LogP) is 4.16. The minimum atomic E-state index is -2.68. The molecule has 2 aliphatic rings. The second-order valence-electron chi connectivity index (χ2n) is 9.58. The van der Waals surface area contributed by atoms with Crippen molar-refractivity contribution in [1.29, 1.82) is 5.26 Å². The van der Waals surface area contributed by atoms with E-state index in [9.17, 15) is 14.0 Å². The topological polar surface area (TPSA) is 138 Å². The minimum Gasteiger partial charge on any atom is -0.490 e. The summed E-state index contributed by atoms with van der Waals surface area (Å²) in [4.78, 5) is 13.5. The zero-order chi connectivity index (χ0) is 27.8. The third-order valence-corrected chi connectivity index (χ3v) is 6.59. The van der Waals surface area contributed by atoms with Gasteiger partial charge in [-0.15, -0.1) is 5.10 Å². The normalized spacial score (nSPS) is 19.9. The van der Waals surface area contributed by atoms with E-state index in [1.807, 2.05) is 6.92 Å². The molecule has 1 saturated carbocycles. The molecule has 0 amide bonds. The maximum Gasteiger partial charge on any atom is 0.272 e. The molecule has 4 bridgehead atoms. The molecular formula is C26H25F2N9O3. The van der Waals surface area contributed by atoms with Crippen molar-refractivity contribution in [2.75, 3.05) is 18.5 Å². The Morgan fingerprint density at radius 2 is 2.10 bits per heavy atom. The summed E-state index contributed by atoms with van der Waals surface area (Å²) in [5, 5.41) is 21.1. The Balaban J connectivity index is 1.39. The lowest BCUT2D eigenvalue weighted by Crippen LogP contribution is -2.17. The van der Waals surface area contributed by atoms with Crippen molar-refractivity contribution >= 4 is 11.6 Å². The second kappa shape index (κ2) is 10.4. The number of hydrogen-bond acceptors (Lipinski definition) is 10. The average molecular weight is 550 g/mol. The summed E-state index contributed by atoms with van der Waals surface area (Å²) < 4.78 is 47.0. The van der Waals surface area contributed by atoms with Gasteiger partial charge >= 0.3 is 0 Å². The van der Waals surface area contributed by atoms with Crippen molar-refractivity contribution in [3.63, 3.8) is 0 Å². The summed E-state index contributed by atoms with van der Waals surface area (Å²) >= 11 is 0. The molecule has 0 aromatic carbocycles. The molecule has 1 aliphatic heterocycles. The summed E-state index contributed by atoms with van der Waals surface area (Å²) in [6.45, 7) is 1.41. The third-order valence-electron chi connectivity index (χ3n) is 6.59. The molecule has 12 nitrogen and oxygen atoms in total. The number of hydrogen-bond donors (Lipinski definition) is 1. The van der Waals surface area contributed by atoms with Crippen molar-refractivity contribution < 1.29 is 23.0 Å². The van der Waals surface area contributed by atoms with Crippen LogP contribution < -0.4 is 19.5 Å². The molecule has 0 spiro atoms. The molecule has 2 unspecified atom stereocenters. The summed E-state index contributed by atoms with van der Waals surface area (Å²) in [6, 6.07) is 5.48. The van der Waals surface area contributed by atoms with Crippen LogP contribution in [-0.4, -0.2) is 60.3 Å². The summed E-state index contributed by atoms with van der Waals surface area (Å²) in [5.41, 5.74) is 1.60. The van der Waals surface area contributed by atoms with E-state index in [4.69, 9.17) is 14.2 Å². The van der Waals surface area contributed by atoms with Gasteiger partial charge in [0, 0.05) is 43.7 Å². The van der Waals surface area contributed by atoms with Gasteiger partial charge in [0.25, 0.3) is 6.43 Å². The molecule has 206 valence electrons. The lowest BCUT2D eigenvalue weighted by atomic mass is 10.1. The number of anilines is 2. The van der Waals surface area contributed by atoms with E-state index in [2.05, 4.69) is 36.5 Å². The molecule has 1 aliphatic carbocycles. The Kier molecular flexibility index (Phi) is 6.63. The Labute approximate surface area is 227 Å². The van der Waals surface area contributed by atoms with Crippen LogP contribution in [0.5, 0.6) is 17.5 Å². The van der Waals surface area contributed by atoms with Crippen molar-refractivity contribution in [3.8, 4) is 46.1 Å². The van der Waals surface area contributed by atoms with Crippen LogP contribution in [0.25, 0.3) is 22.5 Å². The standard InChI is InChI=1S/C26H25F2N9O3/c1-14-4-6-38-26-17(11-32-36(26)2)24-30-5-3-22(34-24)33-23-8-20(40-14)16(10-31-23)18-12-37(19-7-15(19)9-29)35-25(18)39-13-21(27)28/h3,5,8,10-12,14-15,19,21H,4,6-7,13H2,1-2H3,(H,30,31,33,34)/t14-,15?,19?/m0/s1. The molecule has 4 aromatic heterocycles. The number of rotatable bonds is 5. The monoisotopic (exact) mass is 549 g/mol. The molecule has 40 heavy (non-hydrogen) atoms. The van der Waals surface area contributed by atoms with E-state index >= 15 is 0 Å². The Hall–Kier alpha value is -4.80. The van der Waals surface area contributed by atoms with E-state index in [0.29, 0.717) is 65.2 Å². The first-order chi connectivity index (χ1) is 19.4. The first kappa shape index (κ1) is 25.5. The number of nitrogens with one attached hydrogen (secondary N) is 1. The van der Waals surface area contributed by atoms with Gasteiger partial charge in [0.1, 0.15) is 22.9 Å². The molecule has 14 heteroatoms. The number of aryl methyl sites for hydroxylation is 1. The number of nitriles is 1. The van der Waals surface area contributed by atoms with Crippen LogP contribution in [0, 0.1) is 17.2 Å².